The maximum atomic E-state index is 12.2. The van der Waals surface area contributed by atoms with Gasteiger partial charge in [0.15, 0.2) is 0 Å². The van der Waals surface area contributed by atoms with E-state index in [1.807, 2.05) is 0 Å². The zero-order valence-electron chi connectivity index (χ0n) is 11.3. The molecule has 1 aromatic heterocycles. The fraction of sp³-hybridized carbons (Fsp3) is 0.538. The Labute approximate surface area is 117 Å². The third-order valence-electron chi connectivity index (χ3n) is 3.30. The number of rotatable bonds is 2. The van der Waals surface area contributed by atoms with Gasteiger partial charge < -0.3 is 15.3 Å². The van der Waals surface area contributed by atoms with Gasteiger partial charge in [0.05, 0.1) is 12.1 Å². The van der Waals surface area contributed by atoms with Crippen molar-refractivity contribution in [2.24, 2.45) is 0 Å². The summed E-state index contributed by atoms with van der Waals surface area (Å²) in [6, 6.07) is 1.33. The van der Waals surface area contributed by atoms with Crippen LogP contribution in [0.4, 0.5) is 0 Å². The van der Waals surface area contributed by atoms with Crippen LogP contribution in [-0.2, 0) is 4.79 Å². The molecule has 2 rings (SSSR count). The Morgan fingerprint density at radius 2 is 1.95 bits per heavy atom. The summed E-state index contributed by atoms with van der Waals surface area (Å²) < 4.78 is 0. The van der Waals surface area contributed by atoms with Gasteiger partial charge in [-0.1, -0.05) is 0 Å². The summed E-state index contributed by atoms with van der Waals surface area (Å²) in [6.07, 6.45) is 3.33. The first-order chi connectivity index (χ1) is 9.58. The van der Waals surface area contributed by atoms with E-state index in [0.29, 0.717) is 25.9 Å². The molecular weight excluding hydrogens is 260 g/mol. The van der Waals surface area contributed by atoms with Crippen LogP contribution in [0.3, 0.4) is 0 Å². The highest BCUT2D eigenvalue weighted by atomic mass is 16.3. The summed E-state index contributed by atoms with van der Waals surface area (Å²) in [5.41, 5.74) is 0. The summed E-state index contributed by atoms with van der Waals surface area (Å²) in [5, 5.41) is 12.7. The summed E-state index contributed by atoms with van der Waals surface area (Å²) >= 11 is 0. The molecule has 20 heavy (non-hydrogen) atoms. The van der Waals surface area contributed by atoms with E-state index in [9.17, 15) is 14.7 Å². The van der Waals surface area contributed by atoms with Crippen LogP contribution >= 0.6 is 0 Å². The number of hydrogen-bond acceptors (Lipinski definition) is 5. The minimum atomic E-state index is -0.645. The molecule has 0 saturated carbocycles. The molecule has 0 aliphatic carbocycles. The Bertz CT molecular complexity index is 480. The van der Waals surface area contributed by atoms with Crippen molar-refractivity contribution in [2.75, 3.05) is 13.1 Å². The van der Waals surface area contributed by atoms with E-state index in [4.69, 9.17) is 0 Å². The highest BCUT2D eigenvalue weighted by Crippen LogP contribution is 2.13. The highest BCUT2D eigenvalue weighted by molar-refractivity contribution is 5.90. The van der Waals surface area contributed by atoms with Crippen molar-refractivity contribution in [1.82, 2.24) is 20.2 Å². The summed E-state index contributed by atoms with van der Waals surface area (Å²) in [7, 11) is 0. The average molecular weight is 278 g/mol. The first-order valence-corrected chi connectivity index (χ1v) is 6.59. The lowest BCUT2D eigenvalue weighted by atomic mass is 10.1. The van der Waals surface area contributed by atoms with E-state index >= 15 is 0 Å². The lowest BCUT2D eigenvalue weighted by molar-refractivity contribution is -0.120. The molecule has 7 heteroatoms. The summed E-state index contributed by atoms with van der Waals surface area (Å²) in [4.78, 5) is 32.8. The second-order valence-corrected chi connectivity index (χ2v) is 4.82. The third kappa shape index (κ3) is 3.51. The number of amides is 2. The molecule has 2 heterocycles. The quantitative estimate of drug-likeness (QED) is 0.766. The van der Waals surface area contributed by atoms with Crippen LogP contribution in [0.1, 0.15) is 30.4 Å². The molecule has 0 aromatic carbocycles. The Hall–Kier alpha value is -2.02. The van der Waals surface area contributed by atoms with Crippen LogP contribution in [0, 0.1) is 0 Å². The SMILES string of the molecule is CC(=O)N[C@H]1CCN(C(=O)c2ncccn2)CC[C@@H]1O. The standard InChI is InChI=1S/C13H18N4O3/c1-9(18)16-10-3-7-17(8-4-11(10)19)13(20)12-14-5-2-6-15-12/h2,5-6,10-11,19H,3-4,7-8H2,1H3,(H,16,18)/t10-,11-/m0/s1. The molecule has 1 aromatic rings. The molecule has 1 aliphatic rings. The largest absolute Gasteiger partial charge is 0.391 e. The Kier molecular flexibility index (Phi) is 4.62. The fourth-order valence-corrected chi connectivity index (χ4v) is 2.27. The van der Waals surface area contributed by atoms with Crippen LogP contribution < -0.4 is 5.32 Å². The fourth-order valence-electron chi connectivity index (χ4n) is 2.27. The van der Waals surface area contributed by atoms with Crippen LogP contribution in [0.15, 0.2) is 18.5 Å². The van der Waals surface area contributed by atoms with E-state index in [1.165, 1.54) is 19.3 Å². The van der Waals surface area contributed by atoms with E-state index in [1.54, 1.807) is 11.0 Å². The second kappa shape index (κ2) is 6.42. The zero-order valence-corrected chi connectivity index (χ0v) is 11.3. The van der Waals surface area contributed by atoms with Crippen LogP contribution in [-0.4, -0.2) is 57.0 Å². The number of nitrogens with one attached hydrogen (secondary N) is 1. The van der Waals surface area contributed by atoms with Gasteiger partial charge in [0, 0.05) is 32.4 Å². The van der Waals surface area contributed by atoms with Crippen LogP contribution in [0.25, 0.3) is 0 Å². The van der Waals surface area contributed by atoms with Crippen LogP contribution in [0.2, 0.25) is 0 Å². The number of aliphatic hydroxyl groups is 1. The molecule has 2 N–H and O–H groups in total. The molecule has 2 amide bonds. The van der Waals surface area contributed by atoms with Gasteiger partial charge in [-0.2, -0.15) is 0 Å². The van der Waals surface area contributed by atoms with E-state index in [-0.39, 0.29) is 23.7 Å². The maximum absolute atomic E-state index is 12.2. The highest BCUT2D eigenvalue weighted by Gasteiger charge is 2.28. The number of nitrogens with zero attached hydrogens (tertiary/aromatic N) is 3. The van der Waals surface area contributed by atoms with Gasteiger partial charge >= 0.3 is 0 Å². The molecule has 0 spiro atoms. The Balaban J connectivity index is 2.02. The summed E-state index contributed by atoms with van der Waals surface area (Å²) in [6.45, 7) is 2.30. The molecule has 7 nitrogen and oxygen atoms in total. The molecule has 0 radical (unpaired) electrons. The van der Waals surface area contributed by atoms with Crippen molar-refractivity contribution in [3.63, 3.8) is 0 Å². The zero-order chi connectivity index (χ0) is 14.5. The minimum absolute atomic E-state index is 0.153. The van der Waals surface area contributed by atoms with Gasteiger partial charge in [-0.25, -0.2) is 9.97 Å². The molecule has 1 aliphatic heterocycles. The topological polar surface area (TPSA) is 95.4 Å². The number of carbonyl (C=O) groups is 2. The minimum Gasteiger partial charge on any atom is -0.391 e. The second-order valence-electron chi connectivity index (χ2n) is 4.82. The number of carbonyl (C=O) groups excluding carboxylic acids is 2. The molecule has 1 fully saturated rings. The molecular formula is C13H18N4O3. The number of hydrogen-bond donors (Lipinski definition) is 2. The number of aromatic nitrogens is 2. The summed E-state index contributed by atoms with van der Waals surface area (Å²) in [5.74, 6) is -0.276. The molecule has 108 valence electrons. The van der Waals surface area contributed by atoms with Gasteiger partial charge in [-0.05, 0) is 18.9 Å². The van der Waals surface area contributed by atoms with Gasteiger partial charge in [-0.3, -0.25) is 9.59 Å². The van der Waals surface area contributed by atoms with Crippen molar-refractivity contribution in [2.45, 2.75) is 31.9 Å². The average Bonchev–Trinajstić information content (AvgIpc) is 2.62. The van der Waals surface area contributed by atoms with Crippen molar-refractivity contribution < 1.29 is 14.7 Å². The van der Waals surface area contributed by atoms with E-state index in [0.717, 1.165) is 0 Å². The normalized spacial score (nSPS) is 23.0. The third-order valence-corrected chi connectivity index (χ3v) is 3.30. The lowest BCUT2D eigenvalue weighted by Gasteiger charge is -2.20. The first-order valence-electron chi connectivity index (χ1n) is 6.59. The van der Waals surface area contributed by atoms with Crippen molar-refractivity contribution >= 4 is 11.8 Å². The van der Waals surface area contributed by atoms with Crippen molar-refractivity contribution in [3.05, 3.63) is 24.3 Å². The molecule has 0 unspecified atom stereocenters. The first kappa shape index (κ1) is 14.4. The predicted molar refractivity (Wildman–Crippen MR) is 70.8 cm³/mol. The van der Waals surface area contributed by atoms with Crippen LogP contribution in [0.5, 0.6) is 0 Å². The van der Waals surface area contributed by atoms with Crippen molar-refractivity contribution in [1.29, 1.82) is 0 Å². The Morgan fingerprint density at radius 1 is 1.30 bits per heavy atom. The number of aliphatic hydroxyl groups excluding tert-OH is 1. The smallest absolute Gasteiger partial charge is 0.291 e. The predicted octanol–water partition coefficient (Wildman–Crippen LogP) is -0.422. The lowest BCUT2D eigenvalue weighted by Crippen LogP contribution is -2.42. The number of likely N-dealkylation sites (tertiary alicyclic amines) is 1. The molecule has 0 bridgehead atoms. The monoisotopic (exact) mass is 278 g/mol. The Morgan fingerprint density at radius 3 is 2.60 bits per heavy atom. The van der Waals surface area contributed by atoms with E-state index in [2.05, 4.69) is 15.3 Å². The van der Waals surface area contributed by atoms with Gasteiger partial charge in [-0.15, -0.1) is 0 Å². The van der Waals surface area contributed by atoms with Crippen molar-refractivity contribution in [3.8, 4) is 0 Å². The van der Waals surface area contributed by atoms with E-state index < -0.39 is 6.10 Å². The van der Waals surface area contributed by atoms with Gasteiger partial charge in [0.2, 0.25) is 11.7 Å². The maximum Gasteiger partial charge on any atom is 0.291 e. The van der Waals surface area contributed by atoms with Gasteiger partial charge in [0.25, 0.3) is 5.91 Å². The van der Waals surface area contributed by atoms with Gasteiger partial charge in [0.1, 0.15) is 0 Å². The molecule has 1 saturated heterocycles. The molecule has 2 atom stereocenters.